The fourth-order valence-electron chi connectivity index (χ4n) is 4.30. The molecule has 1 saturated heterocycles. The van der Waals surface area contributed by atoms with E-state index in [0.29, 0.717) is 29.1 Å². The molecular formula is C24H25ClN6O3. The molecule has 1 aliphatic rings. The van der Waals surface area contributed by atoms with E-state index in [1.807, 2.05) is 26.0 Å². The molecule has 176 valence electrons. The fraction of sp³-hybridized carbons (Fsp3) is 0.375. The highest BCUT2D eigenvalue weighted by atomic mass is 35.5. The predicted molar refractivity (Wildman–Crippen MR) is 129 cm³/mol. The smallest absolute Gasteiger partial charge is 0.356 e. The summed E-state index contributed by atoms with van der Waals surface area (Å²) >= 11 is 5.89. The van der Waals surface area contributed by atoms with Crippen molar-refractivity contribution in [3.8, 4) is 6.07 Å². The van der Waals surface area contributed by atoms with Gasteiger partial charge < -0.3 is 20.1 Å². The molecule has 0 spiro atoms. The summed E-state index contributed by atoms with van der Waals surface area (Å²) in [6.45, 7) is 5.26. The summed E-state index contributed by atoms with van der Waals surface area (Å²) in [4.78, 5) is 27.2. The van der Waals surface area contributed by atoms with Crippen LogP contribution in [0.5, 0.6) is 0 Å². The Bertz CT molecular complexity index is 1290. The van der Waals surface area contributed by atoms with E-state index >= 15 is 0 Å². The molecular weight excluding hydrogens is 456 g/mol. The first-order chi connectivity index (χ1) is 16.3. The number of carbonyl (C=O) groups is 1. The van der Waals surface area contributed by atoms with Gasteiger partial charge in [0.2, 0.25) is 0 Å². The SMILES string of the molecule is CO[C@H]1CCCN(c2nc3c([C@@H](C)Nc4ccc(Cl)nc4C(=O)O)cc(C)cc3nc2C#N)C1. The van der Waals surface area contributed by atoms with Gasteiger partial charge in [-0.3, -0.25) is 0 Å². The number of nitriles is 1. The summed E-state index contributed by atoms with van der Waals surface area (Å²) in [7, 11) is 1.69. The molecule has 10 heteroatoms. The molecule has 9 nitrogen and oxygen atoms in total. The molecule has 1 aromatic carbocycles. The zero-order valence-corrected chi connectivity index (χ0v) is 19.9. The van der Waals surface area contributed by atoms with Crippen molar-refractivity contribution in [3.05, 3.63) is 51.9 Å². The highest BCUT2D eigenvalue weighted by Gasteiger charge is 2.25. The number of halogens is 1. The Morgan fingerprint density at radius 3 is 2.85 bits per heavy atom. The Labute approximate surface area is 202 Å². The first-order valence-electron chi connectivity index (χ1n) is 11.0. The lowest BCUT2D eigenvalue weighted by atomic mass is 10.0. The number of carboxylic acids is 1. The van der Waals surface area contributed by atoms with Crippen LogP contribution in [0.2, 0.25) is 5.15 Å². The van der Waals surface area contributed by atoms with Crippen molar-refractivity contribution >= 4 is 40.1 Å². The van der Waals surface area contributed by atoms with E-state index in [0.717, 1.165) is 30.5 Å². The van der Waals surface area contributed by atoms with Crippen LogP contribution in [0.3, 0.4) is 0 Å². The van der Waals surface area contributed by atoms with E-state index in [4.69, 9.17) is 21.3 Å². The molecule has 2 aromatic heterocycles. The lowest BCUT2D eigenvalue weighted by Gasteiger charge is -2.33. The van der Waals surface area contributed by atoms with Crippen molar-refractivity contribution in [1.82, 2.24) is 15.0 Å². The molecule has 4 rings (SSSR count). The second-order valence-corrected chi connectivity index (χ2v) is 8.76. The normalized spacial score (nSPS) is 16.8. The number of aromatic carboxylic acids is 1. The Morgan fingerprint density at radius 1 is 1.35 bits per heavy atom. The minimum absolute atomic E-state index is 0.0720. The molecule has 0 unspecified atom stereocenters. The van der Waals surface area contributed by atoms with Gasteiger partial charge in [0, 0.05) is 25.8 Å². The van der Waals surface area contributed by atoms with E-state index in [9.17, 15) is 15.2 Å². The maximum absolute atomic E-state index is 11.7. The van der Waals surface area contributed by atoms with Gasteiger partial charge in [0.25, 0.3) is 0 Å². The van der Waals surface area contributed by atoms with Crippen LogP contribution in [0.4, 0.5) is 11.5 Å². The molecule has 3 heterocycles. The predicted octanol–water partition coefficient (Wildman–Crippen LogP) is 4.34. The second kappa shape index (κ2) is 9.79. The number of fused-ring (bicyclic) bond motifs is 1. The van der Waals surface area contributed by atoms with Crippen molar-refractivity contribution in [2.24, 2.45) is 0 Å². The number of piperidine rings is 1. The lowest BCUT2D eigenvalue weighted by Crippen LogP contribution is -2.40. The van der Waals surface area contributed by atoms with E-state index in [2.05, 4.69) is 26.3 Å². The quantitative estimate of drug-likeness (QED) is 0.495. The van der Waals surface area contributed by atoms with Gasteiger partial charge in [-0.05, 0) is 50.5 Å². The molecule has 2 N–H and O–H groups in total. The number of pyridine rings is 1. The summed E-state index contributed by atoms with van der Waals surface area (Å²) < 4.78 is 5.54. The van der Waals surface area contributed by atoms with Crippen molar-refractivity contribution < 1.29 is 14.6 Å². The number of ether oxygens (including phenoxy) is 1. The second-order valence-electron chi connectivity index (χ2n) is 8.38. The van der Waals surface area contributed by atoms with Crippen LogP contribution in [-0.4, -0.2) is 52.3 Å². The van der Waals surface area contributed by atoms with E-state index in [1.165, 1.54) is 6.07 Å². The molecule has 0 aliphatic carbocycles. The van der Waals surface area contributed by atoms with Crippen molar-refractivity contribution in [3.63, 3.8) is 0 Å². The van der Waals surface area contributed by atoms with Gasteiger partial charge in [0.05, 0.1) is 28.9 Å². The molecule has 34 heavy (non-hydrogen) atoms. The Morgan fingerprint density at radius 2 is 2.15 bits per heavy atom. The summed E-state index contributed by atoms with van der Waals surface area (Å²) in [5, 5.41) is 22.7. The number of aryl methyl sites for hydroxylation is 1. The zero-order valence-electron chi connectivity index (χ0n) is 19.2. The van der Waals surface area contributed by atoms with Gasteiger partial charge in [0.15, 0.2) is 17.2 Å². The third kappa shape index (κ3) is 4.74. The summed E-state index contributed by atoms with van der Waals surface area (Å²) in [5.74, 6) is -0.640. The standard InChI is InChI=1S/C24H25ClN6O3/c1-13-9-16(14(2)27-17-6-7-20(25)29-22(17)24(32)33)21-18(10-13)28-19(11-26)23(30-21)31-8-4-5-15(12-31)34-3/h6-7,9-10,14-15,27H,4-5,8,12H2,1-3H3,(H,32,33)/t14-,15+/m1/s1. The lowest BCUT2D eigenvalue weighted by molar-refractivity contribution is 0.0691. The van der Waals surface area contributed by atoms with Gasteiger partial charge in [-0.25, -0.2) is 19.7 Å². The summed E-state index contributed by atoms with van der Waals surface area (Å²) in [5.41, 5.74) is 3.51. The first-order valence-corrected chi connectivity index (χ1v) is 11.3. The number of rotatable bonds is 6. The first kappa shape index (κ1) is 23.7. The monoisotopic (exact) mass is 480 g/mol. The average Bonchev–Trinajstić information content (AvgIpc) is 2.83. The molecule has 1 fully saturated rings. The maximum atomic E-state index is 11.7. The van der Waals surface area contributed by atoms with Crippen molar-refractivity contribution in [2.75, 3.05) is 30.4 Å². The van der Waals surface area contributed by atoms with Crippen LogP contribution < -0.4 is 10.2 Å². The molecule has 3 aromatic rings. The third-order valence-corrected chi connectivity index (χ3v) is 6.16. The number of nitrogens with zero attached hydrogens (tertiary/aromatic N) is 5. The number of aromatic nitrogens is 3. The minimum atomic E-state index is -1.18. The van der Waals surface area contributed by atoms with Gasteiger partial charge >= 0.3 is 5.97 Å². The fourth-order valence-corrected chi connectivity index (χ4v) is 4.45. The molecule has 0 saturated carbocycles. The number of methoxy groups -OCH3 is 1. The number of anilines is 2. The number of hydrogen-bond donors (Lipinski definition) is 2. The largest absolute Gasteiger partial charge is 0.476 e. The molecule has 0 bridgehead atoms. The zero-order chi connectivity index (χ0) is 24.4. The maximum Gasteiger partial charge on any atom is 0.356 e. The van der Waals surface area contributed by atoms with E-state index < -0.39 is 5.97 Å². The van der Waals surface area contributed by atoms with Gasteiger partial charge in [-0.2, -0.15) is 5.26 Å². The van der Waals surface area contributed by atoms with Crippen LogP contribution in [0.1, 0.15) is 53.1 Å². The highest BCUT2D eigenvalue weighted by molar-refractivity contribution is 6.29. The number of nitrogens with one attached hydrogen (secondary N) is 1. The molecule has 1 aliphatic heterocycles. The van der Waals surface area contributed by atoms with Gasteiger partial charge in [0.1, 0.15) is 11.2 Å². The third-order valence-electron chi connectivity index (χ3n) is 5.94. The summed E-state index contributed by atoms with van der Waals surface area (Å²) in [6.07, 6.45) is 1.97. The van der Waals surface area contributed by atoms with E-state index in [1.54, 1.807) is 13.2 Å². The number of benzene rings is 1. The van der Waals surface area contributed by atoms with Crippen molar-refractivity contribution in [1.29, 1.82) is 5.26 Å². The highest BCUT2D eigenvalue weighted by Crippen LogP contribution is 2.31. The van der Waals surface area contributed by atoms with Crippen LogP contribution >= 0.6 is 11.6 Å². The van der Waals surface area contributed by atoms with Crippen LogP contribution in [-0.2, 0) is 4.74 Å². The van der Waals surface area contributed by atoms with Crippen LogP contribution in [0, 0.1) is 18.3 Å². The molecule has 0 amide bonds. The van der Waals surface area contributed by atoms with E-state index in [-0.39, 0.29) is 28.7 Å². The minimum Gasteiger partial charge on any atom is -0.476 e. The van der Waals surface area contributed by atoms with Crippen LogP contribution in [0.25, 0.3) is 11.0 Å². The number of carboxylic acid groups (broad SMARTS) is 1. The molecule has 0 radical (unpaired) electrons. The van der Waals surface area contributed by atoms with Gasteiger partial charge in [-0.15, -0.1) is 0 Å². The number of hydrogen-bond acceptors (Lipinski definition) is 8. The van der Waals surface area contributed by atoms with Gasteiger partial charge in [-0.1, -0.05) is 17.7 Å². The Hall–Kier alpha value is -3.48. The molecule has 2 atom stereocenters. The van der Waals surface area contributed by atoms with Crippen molar-refractivity contribution in [2.45, 2.75) is 38.8 Å². The van der Waals surface area contributed by atoms with Crippen LogP contribution in [0.15, 0.2) is 24.3 Å². The summed E-state index contributed by atoms with van der Waals surface area (Å²) in [6, 6.07) is 8.88. The average molecular weight is 481 g/mol. The Balaban J connectivity index is 1.78. The topological polar surface area (TPSA) is 124 Å². The Kier molecular flexibility index (Phi) is 6.82.